The number of alkyl halides is 1. The third-order valence-corrected chi connectivity index (χ3v) is 11.8. The molecule has 0 aliphatic carbocycles. The van der Waals surface area contributed by atoms with Crippen molar-refractivity contribution in [1.82, 2.24) is 35.5 Å². The van der Waals surface area contributed by atoms with Crippen LogP contribution in [-0.4, -0.2) is 99.6 Å². The van der Waals surface area contributed by atoms with Crippen LogP contribution in [0.15, 0.2) is 54.7 Å². The third kappa shape index (κ3) is 5.77. The number of hydrogen-bond donors (Lipinski definition) is 2. The highest BCUT2D eigenvalue weighted by atomic mass is 35.5. The lowest BCUT2D eigenvalue weighted by molar-refractivity contribution is -0.127. The Morgan fingerprint density at radius 3 is 2.81 bits per heavy atom. The molecule has 7 heterocycles. The van der Waals surface area contributed by atoms with Crippen molar-refractivity contribution in [2.24, 2.45) is 5.92 Å². The fraction of sp³-hybridized carbons (Fsp3) is 0.474. The standard InChI is InChI=1S/C38H41ClF2N8O3/c1-21(2)35-43-29(52-46-35)10-11-30(50)48-18-25-14-24(48)19-49(25)36-27-16-42-33(26-8-3-6-22-7-4-9-28(39)31(22)26)32(41)34(27)44-37(45-36)51-20-38-12-5-13-47(38)17-23(40)15-38/h3-4,6-11,16,21,23-25,29,35,43,46H,5,12-15,17-20H2,1-2H3/b11-10+/t23-,24+,25+,29?,35?,38+/m1/s1. The molecule has 5 saturated heterocycles. The number of carbonyl (C=O) groups is 1. The van der Waals surface area contributed by atoms with Gasteiger partial charge in [-0.05, 0) is 49.3 Å². The summed E-state index contributed by atoms with van der Waals surface area (Å²) in [6, 6.07) is 11.1. The van der Waals surface area contributed by atoms with E-state index in [9.17, 15) is 9.18 Å². The number of piperazine rings is 1. The summed E-state index contributed by atoms with van der Waals surface area (Å²) in [4.78, 5) is 39.3. The molecule has 1 amide bonds. The molecule has 2 N–H and O–H groups in total. The van der Waals surface area contributed by atoms with Crippen LogP contribution in [0.25, 0.3) is 32.9 Å². The Hall–Kier alpha value is -4.01. The zero-order valence-electron chi connectivity index (χ0n) is 29.1. The largest absolute Gasteiger partial charge is 0.461 e. The molecule has 6 atom stereocenters. The van der Waals surface area contributed by atoms with Crippen molar-refractivity contribution in [3.63, 3.8) is 0 Å². The van der Waals surface area contributed by atoms with Crippen molar-refractivity contribution in [1.29, 1.82) is 0 Å². The number of ether oxygens (including phenoxy) is 1. The van der Waals surface area contributed by atoms with Crippen LogP contribution in [0, 0.1) is 11.7 Å². The van der Waals surface area contributed by atoms with Gasteiger partial charge in [-0.1, -0.05) is 55.8 Å². The molecule has 0 spiro atoms. The highest BCUT2D eigenvalue weighted by molar-refractivity contribution is 6.36. The van der Waals surface area contributed by atoms with Crippen molar-refractivity contribution in [2.75, 3.05) is 37.7 Å². The molecule has 272 valence electrons. The van der Waals surface area contributed by atoms with Gasteiger partial charge in [0.15, 0.2) is 5.82 Å². The number of nitrogens with zero attached hydrogens (tertiary/aromatic N) is 6. The number of anilines is 1. The zero-order chi connectivity index (χ0) is 35.7. The van der Waals surface area contributed by atoms with Crippen molar-refractivity contribution < 1.29 is 23.1 Å². The second kappa shape index (κ2) is 13.1. The number of hydrogen-bond acceptors (Lipinski definition) is 10. The summed E-state index contributed by atoms with van der Waals surface area (Å²) >= 11 is 6.64. The van der Waals surface area contributed by atoms with E-state index < -0.39 is 23.8 Å². The van der Waals surface area contributed by atoms with E-state index in [-0.39, 0.29) is 48.0 Å². The number of pyridine rings is 1. The maximum absolute atomic E-state index is 16.9. The smallest absolute Gasteiger partial charge is 0.319 e. The zero-order valence-corrected chi connectivity index (χ0v) is 29.8. The first-order valence-corrected chi connectivity index (χ1v) is 18.5. The Bertz CT molecular complexity index is 2080. The molecule has 2 aromatic carbocycles. The predicted octanol–water partition coefficient (Wildman–Crippen LogP) is 5.37. The Labute approximate surface area is 305 Å². The van der Waals surface area contributed by atoms with Gasteiger partial charge in [0.2, 0.25) is 5.91 Å². The van der Waals surface area contributed by atoms with Gasteiger partial charge < -0.3 is 14.5 Å². The van der Waals surface area contributed by atoms with E-state index in [0.717, 1.165) is 31.2 Å². The third-order valence-electron chi connectivity index (χ3n) is 11.5. The first kappa shape index (κ1) is 33.8. The first-order chi connectivity index (χ1) is 25.2. The molecule has 2 bridgehead atoms. The number of nitrogens with one attached hydrogen (secondary N) is 2. The van der Waals surface area contributed by atoms with Gasteiger partial charge in [0.25, 0.3) is 0 Å². The molecule has 9 rings (SSSR count). The number of fused-ring (bicyclic) bond motifs is 5. The Morgan fingerprint density at radius 2 is 2.02 bits per heavy atom. The topological polar surface area (TPSA) is 108 Å². The lowest BCUT2D eigenvalue weighted by atomic mass is 9.95. The fourth-order valence-corrected chi connectivity index (χ4v) is 9.19. The van der Waals surface area contributed by atoms with Gasteiger partial charge >= 0.3 is 6.01 Å². The quantitative estimate of drug-likeness (QED) is 0.230. The van der Waals surface area contributed by atoms with Gasteiger partial charge in [0.1, 0.15) is 36.0 Å². The second-order valence-electron chi connectivity index (χ2n) is 15.1. The van der Waals surface area contributed by atoms with Gasteiger partial charge in [-0.25, -0.2) is 8.78 Å². The van der Waals surface area contributed by atoms with Gasteiger partial charge in [0.05, 0.1) is 29.2 Å². The average molecular weight is 731 g/mol. The molecule has 52 heavy (non-hydrogen) atoms. The molecule has 0 radical (unpaired) electrons. The van der Waals surface area contributed by atoms with Crippen LogP contribution < -0.4 is 20.4 Å². The van der Waals surface area contributed by atoms with Crippen LogP contribution in [-0.2, 0) is 9.63 Å². The molecular weight excluding hydrogens is 690 g/mol. The molecule has 2 aromatic heterocycles. The summed E-state index contributed by atoms with van der Waals surface area (Å²) in [6.07, 6.45) is 6.55. The van der Waals surface area contributed by atoms with E-state index in [0.29, 0.717) is 59.1 Å². The minimum Gasteiger partial charge on any atom is -0.461 e. The summed E-state index contributed by atoms with van der Waals surface area (Å²) in [5.41, 5.74) is 3.30. The van der Waals surface area contributed by atoms with E-state index in [1.54, 1.807) is 30.5 Å². The average Bonchev–Trinajstić information content (AvgIpc) is 3.97. The van der Waals surface area contributed by atoms with Crippen LogP contribution in [0.2, 0.25) is 5.02 Å². The molecule has 2 unspecified atom stereocenters. The lowest BCUT2D eigenvalue weighted by Crippen LogP contribution is -2.48. The second-order valence-corrected chi connectivity index (χ2v) is 15.5. The molecule has 14 heteroatoms. The molecule has 5 aliphatic heterocycles. The molecule has 0 saturated carbocycles. The van der Waals surface area contributed by atoms with Crippen LogP contribution in [0.4, 0.5) is 14.6 Å². The van der Waals surface area contributed by atoms with Gasteiger partial charge in [-0.15, -0.1) is 0 Å². The number of likely N-dealkylation sites (tertiary alicyclic amines) is 1. The van der Waals surface area contributed by atoms with Gasteiger partial charge in [-0.2, -0.15) is 15.4 Å². The van der Waals surface area contributed by atoms with E-state index in [1.807, 2.05) is 29.2 Å². The van der Waals surface area contributed by atoms with Crippen LogP contribution in [0.5, 0.6) is 6.01 Å². The number of aromatic nitrogens is 3. The summed E-state index contributed by atoms with van der Waals surface area (Å²) in [7, 11) is 0. The van der Waals surface area contributed by atoms with Crippen molar-refractivity contribution in [3.8, 4) is 17.3 Å². The maximum Gasteiger partial charge on any atom is 0.319 e. The van der Waals surface area contributed by atoms with Gasteiger partial charge in [0, 0.05) is 54.3 Å². The van der Waals surface area contributed by atoms with Crippen molar-refractivity contribution >= 4 is 45.0 Å². The highest BCUT2D eigenvalue weighted by Crippen LogP contribution is 2.43. The van der Waals surface area contributed by atoms with E-state index in [1.165, 1.54) is 0 Å². The van der Waals surface area contributed by atoms with Crippen LogP contribution in [0.1, 0.15) is 39.5 Å². The fourth-order valence-electron chi connectivity index (χ4n) is 8.91. The van der Waals surface area contributed by atoms with Gasteiger partial charge in [-0.3, -0.25) is 24.8 Å². The van der Waals surface area contributed by atoms with Crippen molar-refractivity contribution in [2.45, 2.75) is 75.7 Å². The number of benzene rings is 2. The number of carbonyl (C=O) groups excluding carboxylic acids is 1. The summed E-state index contributed by atoms with van der Waals surface area (Å²) in [5.74, 6) is 0.143. The minimum atomic E-state index is -0.910. The normalized spacial score (nSPS) is 28.8. The SMILES string of the molecule is CC(C)C1NOC(/C=C/C(=O)N2C[C@@H]3C[C@H]2CN3c2nc(OC[C@@]34CCCN3C[C@H](F)C4)nc3c(F)c(-c4cccc5cccc(Cl)c45)ncc23)N1. The Morgan fingerprint density at radius 1 is 1.17 bits per heavy atom. The lowest BCUT2D eigenvalue weighted by Gasteiger charge is -2.35. The molecule has 5 fully saturated rings. The van der Waals surface area contributed by atoms with Crippen LogP contribution in [0.3, 0.4) is 0 Å². The highest BCUT2D eigenvalue weighted by Gasteiger charge is 2.50. The van der Waals surface area contributed by atoms with Crippen LogP contribution >= 0.6 is 11.6 Å². The van der Waals surface area contributed by atoms with E-state index in [2.05, 4.69) is 44.4 Å². The maximum atomic E-state index is 16.9. The first-order valence-electron chi connectivity index (χ1n) is 18.2. The van der Waals surface area contributed by atoms with Crippen molar-refractivity contribution in [3.05, 3.63) is 65.6 Å². The molecule has 5 aliphatic rings. The summed E-state index contributed by atoms with van der Waals surface area (Å²) in [5, 5.41) is 5.82. The number of hydroxylamine groups is 1. The number of halogens is 3. The predicted molar refractivity (Wildman–Crippen MR) is 194 cm³/mol. The molecule has 4 aromatic rings. The number of amides is 1. The number of rotatable bonds is 8. The molecular formula is C38H41ClF2N8O3. The monoisotopic (exact) mass is 730 g/mol. The minimum absolute atomic E-state index is 0.00781. The Kier molecular flexibility index (Phi) is 8.54. The van der Waals surface area contributed by atoms with E-state index in [4.69, 9.17) is 26.2 Å². The molecule has 11 nitrogen and oxygen atoms in total. The summed E-state index contributed by atoms with van der Waals surface area (Å²) < 4.78 is 37.8. The summed E-state index contributed by atoms with van der Waals surface area (Å²) in [6.45, 7) is 6.59. The van der Waals surface area contributed by atoms with E-state index >= 15 is 4.39 Å². The Balaban J connectivity index is 1.04.